The van der Waals surface area contributed by atoms with E-state index in [9.17, 15) is 4.39 Å². The molecule has 0 bridgehead atoms. The summed E-state index contributed by atoms with van der Waals surface area (Å²) in [5, 5.41) is 6.51. The second-order valence-electron chi connectivity index (χ2n) is 5.28. The number of benzene rings is 2. The Bertz CT molecular complexity index is 825. The Hall–Kier alpha value is -2.64. The lowest BCUT2D eigenvalue weighted by atomic mass is 10.2. The molecule has 8 heteroatoms. The molecule has 0 aliphatic rings. The maximum absolute atomic E-state index is 14.0. The predicted octanol–water partition coefficient (Wildman–Crippen LogP) is 2.13. The molecule has 0 aliphatic heterocycles. The monoisotopic (exact) mass is 408 g/mol. The van der Waals surface area contributed by atoms with Crippen LogP contribution in [-0.2, 0) is 6.61 Å². The van der Waals surface area contributed by atoms with Gasteiger partial charge in [0.15, 0.2) is 11.5 Å². The van der Waals surface area contributed by atoms with Crippen molar-refractivity contribution in [3.63, 3.8) is 0 Å². The van der Waals surface area contributed by atoms with Crippen LogP contribution < -0.4 is 25.3 Å². The van der Waals surface area contributed by atoms with Crippen LogP contribution in [0.5, 0.6) is 11.5 Å². The van der Waals surface area contributed by atoms with E-state index in [1.807, 2.05) is 12.1 Å². The van der Waals surface area contributed by atoms with E-state index in [-0.39, 0.29) is 12.2 Å². The highest BCUT2D eigenvalue weighted by molar-refractivity contribution is 7.80. The van der Waals surface area contributed by atoms with Gasteiger partial charge >= 0.3 is 0 Å². The molecule has 2 aromatic rings. The third kappa shape index (κ3) is 5.94. The van der Waals surface area contributed by atoms with Gasteiger partial charge in [0.2, 0.25) is 11.3 Å². The molecule has 2 aromatic carbocycles. The summed E-state index contributed by atoms with van der Waals surface area (Å²) in [4.78, 5) is 0. The quantitative estimate of drug-likeness (QED) is 0.270. The first-order valence-corrected chi connectivity index (χ1v) is 8.81. The van der Waals surface area contributed by atoms with Gasteiger partial charge in [-0.25, -0.2) is 4.39 Å². The van der Waals surface area contributed by atoms with Crippen LogP contribution in [0.1, 0.15) is 11.1 Å². The van der Waals surface area contributed by atoms with E-state index >= 15 is 0 Å². The normalized spacial score (nSPS) is 10.5. The molecule has 0 heterocycles. The van der Waals surface area contributed by atoms with Gasteiger partial charge in [0, 0.05) is 12.1 Å². The first-order valence-electron chi connectivity index (χ1n) is 8.03. The summed E-state index contributed by atoms with van der Waals surface area (Å²) in [6.07, 6.45) is 3.35. The van der Waals surface area contributed by atoms with Crippen LogP contribution in [0.2, 0.25) is 5.02 Å². The fourth-order valence-electron chi connectivity index (χ4n) is 2.16. The predicted molar refractivity (Wildman–Crippen MR) is 109 cm³/mol. The summed E-state index contributed by atoms with van der Waals surface area (Å²) in [6, 6.07) is 9.87. The minimum atomic E-state index is -0.429. The average molecular weight is 409 g/mol. The van der Waals surface area contributed by atoms with Crippen LogP contribution in [0.3, 0.4) is 0 Å². The number of thiocarbonyl (C=S) groups is 1. The van der Waals surface area contributed by atoms with Gasteiger partial charge in [-0.1, -0.05) is 29.8 Å². The Kier molecular flexibility index (Phi) is 8.03. The molecule has 142 valence electrons. The highest BCUT2D eigenvalue weighted by Crippen LogP contribution is 2.31. The molecule has 2 rings (SSSR count). The van der Waals surface area contributed by atoms with E-state index < -0.39 is 5.82 Å². The SMILES string of the molecule is C=CCNC(=S)N[NH+]=Cc1cccc(OC)c1OCc1c(F)cccc1Cl. The number of hydrazone groups is 1. The zero-order chi connectivity index (χ0) is 19.6. The Morgan fingerprint density at radius 3 is 2.81 bits per heavy atom. The van der Waals surface area contributed by atoms with Crippen LogP contribution in [0.25, 0.3) is 0 Å². The third-order valence-electron chi connectivity index (χ3n) is 3.47. The van der Waals surface area contributed by atoms with E-state index in [4.69, 9.17) is 33.3 Å². The highest BCUT2D eigenvalue weighted by atomic mass is 35.5. The fraction of sp³-hybridized carbons (Fsp3) is 0.158. The molecular weight excluding hydrogens is 389 g/mol. The Balaban J connectivity index is 2.17. The zero-order valence-corrected chi connectivity index (χ0v) is 16.3. The molecule has 0 aromatic heterocycles. The van der Waals surface area contributed by atoms with Crippen molar-refractivity contribution in [2.45, 2.75) is 6.61 Å². The molecule has 3 N–H and O–H groups in total. The minimum Gasteiger partial charge on any atom is -0.493 e. The average Bonchev–Trinajstić information content (AvgIpc) is 2.66. The summed E-state index contributed by atoms with van der Waals surface area (Å²) in [5.41, 5.74) is 3.77. The van der Waals surface area contributed by atoms with Gasteiger partial charge in [-0.2, -0.15) is 0 Å². The number of methoxy groups -OCH3 is 1. The summed E-state index contributed by atoms with van der Waals surface area (Å²) < 4.78 is 25.1. The van der Waals surface area contributed by atoms with Crippen LogP contribution in [0.15, 0.2) is 49.1 Å². The fourth-order valence-corrected chi connectivity index (χ4v) is 2.52. The summed E-state index contributed by atoms with van der Waals surface area (Å²) >= 11 is 11.2. The van der Waals surface area contributed by atoms with Gasteiger partial charge in [-0.3, -0.25) is 0 Å². The van der Waals surface area contributed by atoms with Crippen LogP contribution in [0, 0.1) is 5.82 Å². The van der Waals surface area contributed by atoms with Gasteiger partial charge in [0.05, 0.1) is 17.7 Å². The molecule has 0 atom stereocenters. The van der Waals surface area contributed by atoms with Gasteiger partial charge < -0.3 is 14.8 Å². The molecule has 0 fully saturated rings. The Morgan fingerprint density at radius 1 is 1.33 bits per heavy atom. The number of rotatable bonds is 8. The van der Waals surface area contributed by atoms with Crippen molar-refractivity contribution in [3.8, 4) is 11.5 Å². The molecule has 0 aliphatic carbocycles. The van der Waals surface area contributed by atoms with Crippen molar-refractivity contribution in [1.82, 2.24) is 10.7 Å². The topological polar surface area (TPSA) is 56.5 Å². The lowest BCUT2D eigenvalue weighted by Gasteiger charge is -2.13. The van der Waals surface area contributed by atoms with E-state index in [2.05, 4.69) is 22.4 Å². The van der Waals surface area contributed by atoms with Crippen molar-refractivity contribution in [2.24, 2.45) is 0 Å². The number of hydrazine groups is 1. The minimum absolute atomic E-state index is 0.0422. The van der Waals surface area contributed by atoms with Crippen LogP contribution >= 0.6 is 23.8 Å². The molecule has 5 nitrogen and oxygen atoms in total. The molecule has 0 saturated carbocycles. The maximum Gasteiger partial charge on any atom is 0.224 e. The summed E-state index contributed by atoms with van der Waals surface area (Å²) in [7, 11) is 1.53. The van der Waals surface area contributed by atoms with Crippen molar-refractivity contribution in [3.05, 3.63) is 71.0 Å². The molecule has 0 saturated heterocycles. The largest absolute Gasteiger partial charge is 0.493 e. The summed E-state index contributed by atoms with van der Waals surface area (Å²) in [5.74, 6) is 0.519. The lowest BCUT2D eigenvalue weighted by molar-refractivity contribution is -0.500. The number of ether oxygens (including phenoxy) is 2. The smallest absolute Gasteiger partial charge is 0.224 e. The Labute approximate surface area is 167 Å². The molecule has 0 unspecified atom stereocenters. The van der Waals surface area contributed by atoms with Gasteiger partial charge in [-0.05, 0) is 36.5 Å². The van der Waals surface area contributed by atoms with Crippen molar-refractivity contribution in [1.29, 1.82) is 0 Å². The van der Waals surface area contributed by atoms with Gasteiger partial charge in [0.1, 0.15) is 12.4 Å². The standard InChI is InChI=1S/C19H19ClFN3O2S/c1-3-10-22-19(27)24-23-11-13-6-4-9-17(25-2)18(13)26-12-14-15(20)7-5-8-16(14)21/h3-9,11H,1,10,12H2,2H3,(H2,22,24,27)/p+1. The third-order valence-corrected chi connectivity index (χ3v) is 4.07. The first-order chi connectivity index (χ1) is 13.1. The maximum atomic E-state index is 14.0. The van der Waals surface area contributed by atoms with Crippen molar-refractivity contribution < 1.29 is 19.0 Å². The molecule has 0 amide bonds. The second kappa shape index (κ2) is 10.5. The van der Waals surface area contributed by atoms with E-state index in [0.29, 0.717) is 33.7 Å². The molecular formula is C19H20ClFN3O2S+. The molecule has 0 spiro atoms. The number of halogens is 2. The van der Waals surface area contributed by atoms with E-state index in [1.165, 1.54) is 13.2 Å². The van der Waals surface area contributed by atoms with E-state index in [1.54, 1.807) is 30.5 Å². The lowest BCUT2D eigenvalue weighted by Crippen LogP contribution is -2.82. The number of hydrogen-bond donors (Lipinski definition) is 3. The van der Waals surface area contributed by atoms with Crippen molar-refractivity contribution in [2.75, 3.05) is 13.7 Å². The first kappa shape index (κ1) is 20.7. The number of hydrogen-bond acceptors (Lipinski definition) is 3. The van der Waals surface area contributed by atoms with Crippen LogP contribution in [0.4, 0.5) is 4.39 Å². The number of para-hydroxylation sites is 1. The van der Waals surface area contributed by atoms with E-state index in [0.717, 1.165) is 0 Å². The van der Waals surface area contributed by atoms with Gasteiger partial charge in [0.25, 0.3) is 0 Å². The Morgan fingerprint density at radius 2 is 2.11 bits per heavy atom. The summed E-state index contributed by atoms with van der Waals surface area (Å²) in [6.45, 7) is 4.11. The van der Waals surface area contributed by atoms with Crippen molar-refractivity contribution >= 4 is 35.1 Å². The molecule has 0 radical (unpaired) electrons. The second-order valence-corrected chi connectivity index (χ2v) is 6.10. The zero-order valence-electron chi connectivity index (χ0n) is 14.7. The number of nitrogens with one attached hydrogen (secondary N) is 3. The highest BCUT2D eigenvalue weighted by Gasteiger charge is 2.14. The van der Waals surface area contributed by atoms with Crippen LogP contribution in [-0.4, -0.2) is 25.0 Å². The van der Waals surface area contributed by atoms with Gasteiger partial charge in [-0.15, -0.1) is 17.1 Å². The molecule has 27 heavy (non-hydrogen) atoms.